The molecule has 0 radical (unpaired) electrons. The van der Waals surface area contributed by atoms with E-state index in [0.29, 0.717) is 32.4 Å². The summed E-state index contributed by atoms with van der Waals surface area (Å²) in [4.78, 5) is 40.4. The highest BCUT2D eigenvalue weighted by Crippen LogP contribution is 2.35. The van der Waals surface area contributed by atoms with E-state index in [9.17, 15) is 14.4 Å². The third-order valence-corrected chi connectivity index (χ3v) is 7.11. The van der Waals surface area contributed by atoms with Gasteiger partial charge in [0.05, 0.1) is 5.41 Å². The second-order valence-corrected chi connectivity index (χ2v) is 9.18. The van der Waals surface area contributed by atoms with Gasteiger partial charge >= 0.3 is 0 Å². The van der Waals surface area contributed by atoms with Gasteiger partial charge in [-0.15, -0.1) is 11.3 Å². The molecule has 1 aromatic heterocycles. The molecule has 0 bridgehead atoms. The van der Waals surface area contributed by atoms with E-state index >= 15 is 0 Å². The molecule has 3 amide bonds. The molecule has 2 aliphatic heterocycles. The molecule has 30 heavy (non-hydrogen) atoms. The van der Waals surface area contributed by atoms with Crippen LogP contribution in [-0.2, 0) is 20.8 Å². The predicted molar refractivity (Wildman–Crippen MR) is 117 cm³/mol. The smallest absolute Gasteiger partial charge is 0.245 e. The van der Waals surface area contributed by atoms with Crippen molar-refractivity contribution in [3.8, 4) is 10.4 Å². The van der Waals surface area contributed by atoms with E-state index in [1.165, 1.54) is 10.4 Å². The van der Waals surface area contributed by atoms with Crippen LogP contribution in [-0.4, -0.2) is 48.8 Å². The maximum absolute atomic E-state index is 13.0. The minimum absolute atomic E-state index is 0.0298. The number of carbonyl (C=O) groups is 3. The summed E-state index contributed by atoms with van der Waals surface area (Å²) < 4.78 is 0. The lowest BCUT2D eigenvalue weighted by atomic mass is 9.74. The molecule has 0 aliphatic carbocycles. The summed E-state index contributed by atoms with van der Waals surface area (Å²) >= 11 is 1.70. The van der Waals surface area contributed by atoms with Gasteiger partial charge in [0.1, 0.15) is 6.04 Å². The van der Waals surface area contributed by atoms with E-state index < -0.39 is 11.5 Å². The van der Waals surface area contributed by atoms with Gasteiger partial charge in [0, 0.05) is 31.4 Å². The summed E-state index contributed by atoms with van der Waals surface area (Å²) in [6.45, 7) is 1.01. The number of benzene rings is 1. The van der Waals surface area contributed by atoms with Crippen molar-refractivity contribution in [3.63, 3.8) is 0 Å². The number of amides is 3. The van der Waals surface area contributed by atoms with Gasteiger partial charge < -0.3 is 15.5 Å². The Bertz CT molecular complexity index is 926. The van der Waals surface area contributed by atoms with E-state index in [1.54, 1.807) is 23.3 Å². The van der Waals surface area contributed by atoms with Crippen molar-refractivity contribution < 1.29 is 14.4 Å². The van der Waals surface area contributed by atoms with E-state index in [2.05, 4.69) is 46.3 Å². The Hall–Kier alpha value is -2.67. The Morgan fingerprint density at radius 1 is 1.27 bits per heavy atom. The van der Waals surface area contributed by atoms with Crippen LogP contribution in [0.15, 0.2) is 41.8 Å². The molecule has 0 saturated carbocycles. The van der Waals surface area contributed by atoms with Crippen molar-refractivity contribution in [3.05, 3.63) is 47.3 Å². The molecule has 3 heterocycles. The van der Waals surface area contributed by atoms with Crippen LogP contribution in [0.3, 0.4) is 0 Å². The first-order chi connectivity index (χ1) is 14.5. The maximum atomic E-state index is 13.0. The molecule has 4 rings (SSSR count). The molecule has 2 fully saturated rings. The Morgan fingerprint density at radius 3 is 2.70 bits per heavy atom. The largest absolute Gasteiger partial charge is 0.359 e. The number of nitrogens with zero attached hydrogens (tertiary/aromatic N) is 1. The predicted octanol–water partition coefficient (Wildman–Crippen LogP) is 2.59. The highest BCUT2D eigenvalue weighted by Gasteiger charge is 2.44. The lowest BCUT2D eigenvalue weighted by Crippen LogP contribution is -2.56. The lowest BCUT2D eigenvalue weighted by molar-refractivity contribution is -0.143. The molecule has 2 aliphatic rings. The van der Waals surface area contributed by atoms with E-state index in [4.69, 9.17) is 0 Å². The van der Waals surface area contributed by atoms with Gasteiger partial charge in [0.2, 0.25) is 17.7 Å². The van der Waals surface area contributed by atoms with E-state index in [-0.39, 0.29) is 17.7 Å². The third-order valence-electron chi connectivity index (χ3n) is 6.19. The summed E-state index contributed by atoms with van der Waals surface area (Å²) in [5.41, 5.74) is 1.60. The van der Waals surface area contributed by atoms with Gasteiger partial charge in [-0.1, -0.05) is 30.3 Å². The normalized spacial score (nSPS) is 23.8. The monoisotopic (exact) mass is 425 g/mol. The first-order valence-corrected chi connectivity index (χ1v) is 11.3. The second-order valence-electron chi connectivity index (χ2n) is 8.23. The summed E-state index contributed by atoms with van der Waals surface area (Å²) in [6, 6.07) is 12.0. The Kier molecular flexibility index (Phi) is 5.90. The van der Waals surface area contributed by atoms with Crippen LogP contribution in [0.5, 0.6) is 0 Å². The van der Waals surface area contributed by atoms with Gasteiger partial charge in [0.15, 0.2) is 0 Å². The number of hydrogen-bond acceptors (Lipinski definition) is 4. The zero-order valence-corrected chi connectivity index (χ0v) is 18.0. The van der Waals surface area contributed by atoms with Crippen LogP contribution in [0.25, 0.3) is 10.4 Å². The number of hydrogen-bond donors (Lipinski definition) is 2. The van der Waals surface area contributed by atoms with Crippen molar-refractivity contribution in [1.82, 2.24) is 15.5 Å². The van der Waals surface area contributed by atoms with E-state index in [0.717, 1.165) is 18.4 Å². The van der Waals surface area contributed by atoms with Crippen molar-refractivity contribution >= 4 is 29.1 Å². The molecule has 0 unspecified atom stereocenters. The number of likely N-dealkylation sites (tertiary alicyclic amines) is 1. The minimum atomic E-state index is -0.657. The minimum Gasteiger partial charge on any atom is -0.359 e. The molecule has 7 heteroatoms. The van der Waals surface area contributed by atoms with Gasteiger partial charge in [0.25, 0.3) is 0 Å². The van der Waals surface area contributed by atoms with Crippen LogP contribution in [0.2, 0.25) is 0 Å². The van der Waals surface area contributed by atoms with Crippen LogP contribution < -0.4 is 10.6 Å². The summed E-state index contributed by atoms with van der Waals surface area (Å²) in [5.74, 6) is -0.173. The maximum Gasteiger partial charge on any atom is 0.245 e. The molecule has 2 atom stereocenters. The molecule has 2 aromatic rings. The molecule has 2 N–H and O–H groups in total. The Balaban J connectivity index is 1.53. The van der Waals surface area contributed by atoms with Gasteiger partial charge in [-0.3, -0.25) is 14.4 Å². The average molecular weight is 426 g/mol. The summed E-state index contributed by atoms with van der Waals surface area (Å²) in [6.07, 6.45) is 3.01. The Morgan fingerprint density at radius 2 is 2.07 bits per heavy atom. The molecular weight excluding hydrogens is 398 g/mol. The average Bonchev–Trinajstić information content (AvgIpc) is 3.45. The molecule has 6 nitrogen and oxygen atoms in total. The quantitative estimate of drug-likeness (QED) is 0.773. The standard InChI is InChI=1S/C23H27N3O3S/c1-24-22(29)23(14-16-5-7-17(8-6-16)19-4-2-13-30-19)11-3-12-26(15-23)21(28)18-9-10-20(27)25-18/h2,4-8,13,18H,3,9-12,14-15H2,1H3,(H,24,29)(H,25,27)/t18-,23-/m0/s1. The molecule has 1 aromatic carbocycles. The fourth-order valence-electron chi connectivity index (χ4n) is 4.64. The molecule has 2 saturated heterocycles. The zero-order valence-electron chi connectivity index (χ0n) is 17.1. The number of carbonyl (C=O) groups excluding carboxylic acids is 3. The van der Waals surface area contributed by atoms with Gasteiger partial charge in [-0.2, -0.15) is 0 Å². The van der Waals surface area contributed by atoms with E-state index in [1.807, 2.05) is 6.07 Å². The van der Waals surface area contributed by atoms with Gasteiger partial charge in [-0.05, 0) is 48.3 Å². The van der Waals surface area contributed by atoms with Crippen molar-refractivity contribution in [1.29, 1.82) is 0 Å². The van der Waals surface area contributed by atoms with Crippen LogP contribution >= 0.6 is 11.3 Å². The third kappa shape index (κ3) is 4.12. The van der Waals surface area contributed by atoms with Crippen LogP contribution in [0, 0.1) is 5.41 Å². The second kappa shape index (κ2) is 8.60. The fourth-order valence-corrected chi connectivity index (χ4v) is 5.37. The summed E-state index contributed by atoms with van der Waals surface area (Å²) in [5, 5.41) is 7.64. The Labute approximate surface area is 180 Å². The van der Waals surface area contributed by atoms with Gasteiger partial charge in [-0.25, -0.2) is 0 Å². The van der Waals surface area contributed by atoms with Crippen LogP contribution in [0.1, 0.15) is 31.2 Å². The number of thiophene rings is 1. The zero-order chi connectivity index (χ0) is 21.1. The number of nitrogens with one attached hydrogen (secondary N) is 2. The fraction of sp³-hybridized carbons (Fsp3) is 0.435. The molecular formula is C23H27N3O3S. The number of rotatable bonds is 5. The number of piperidine rings is 1. The molecule has 0 spiro atoms. The topological polar surface area (TPSA) is 78.5 Å². The highest BCUT2D eigenvalue weighted by atomic mass is 32.1. The van der Waals surface area contributed by atoms with Crippen LogP contribution in [0.4, 0.5) is 0 Å². The first-order valence-electron chi connectivity index (χ1n) is 10.4. The lowest BCUT2D eigenvalue weighted by Gasteiger charge is -2.42. The van der Waals surface area contributed by atoms with Crippen molar-refractivity contribution in [2.75, 3.05) is 20.1 Å². The molecule has 158 valence electrons. The summed E-state index contributed by atoms with van der Waals surface area (Å²) in [7, 11) is 1.65. The SMILES string of the molecule is CNC(=O)[C@]1(Cc2ccc(-c3cccs3)cc2)CCCN(C(=O)[C@@H]2CCC(=O)N2)C1. The van der Waals surface area contributed by atoms with Crippen molar-refractivity contribution in [2.24, 2.45) is 5.41 Å². The van der Waals surface area contributed by atoms with Crippen molar-refractivity contribution in [2.45, 2.75) is 38.1 Å². The first kappa shape index (κ1) is 20.6. The highest BCUT2D eigenvalue weighted by molar-refractivity contribution is 7.13.